The largest absolute Gasteiger partial charge is 0.355 e. The van der Waals surface area contributed by atoms with Gasteiger partial charge in [-0.05, 0) is 12.8 Å². The molecule has 1 saturated carbocycles. The summed E-state index contributed by atoms with van der Waals surface area (Å²) in [6, 6.07) is 0.385. The fourth-order valence-corrected chi connectivity index (χ4v) is 1.11. The highest BCUT2D eigenvalue weighted by molar-refractivity contribution is 5.80. The Morgan fingerprint density at radius 1 is 1.47 bits per heavy atom. The number of hydrogen-bond acceptors (Lipinski definition) is 3. The van der Waals surface area contributed by atoms with Crippen LogP contribution in [-0.4, -0.2) is 30.9 Å². The van der Waals surface area contributed by atoms with Crippen LogP contribution in [0.5, 0.6) is 0 Å². The number of amides is 2. The van der Waals surface area contributed by atoms with Crippen LogP contribution in [0.1, 0.15) is 26.2 Å². The summed E-state index contributed by atoms with van der Waals surface area (Å²) in [5, 5.41) is 5.53. The van der Waals surface area contributed by atoms with E-state index in [1.165, 1.54) is 0 Å². The van der Waals surface area contributed by atoms with Gasteiger partial charge in [0.05, 0.1) is 0 Å². The highest BCUT2D eigenvalue weighted by Crippen LogP contribution is 2.18. The number of nitrogens with two attached hydrogens (primary N) is 1. The number of rotatable bonds is 6. The second-order valence-corrected chi connectivity index (χ2v) is 4.02. The van der Waals surface area contributed by atoms with E-state index in [1.54, 1.807) is 6.92 Å². The quantitative estimate of drug-likeness (QED) is 0.549. The van der Waals surface area contributed by atoms with Gasteiger partial charge in [-0.2, -0.15) is 0 Å². The van der Waals surface area contributed by atoms with Gasteiger partial charge in [0.25, 0.3) is 0 Å². The van der Waals surface area contributed by atoms with Gasteiger partial charge in [0.2, 0.25) is 11.8 Å². The molecule has 1 fully saturated rings. The molecule has 5 heteroatoms. The molecule has 0 spiro atoms. The normalized spacial score (nSPS) is 16.9. The number of carbonyl (C=O) groups is 2. The first kappa shape index (κ1) is 12.0. The molecule has 2 amide bonds. The van der Waals surface area contributed by atoms with Gasteiger partial charge in [-0.15, -0.1) is 0 Å². The first-order valence-corrected chi connectivity index (χ1v) is 5.40. The second-order valence-electron chi connectivity index (χ2n) is 4.02. The van der Waals surface area contributed by atoms with E-state index < -0.39 is 0 Å². The van der Waals surface area contributed by atoms with Crippen molar-refractivity contribution in [1.82, 2.24) is 10.6 Å². The Labute approximate surface area is 89.8 Å². The van der Waals surface area contributed by atoms with Gasteiger partial charge in [-0.3, -0.25) is 9.59 Å². The molecule has 1 atom stereocenters. The van der Waals surface area contributed by atoms with E-state index in [0.717, 1.165) is 12.8 Å². The van der Waals surface area contributed by atoms with Crippen LogP contribution in [0.15, 0.2) is 0 Å². The van der Waals surface area contributed by atoms with E-state index >= 15 is 0 Å². The van der Waals surface area contributed by atoms with Crippen molar-refractivity contribution in [1.29, 1.82) is 0 Å². The van der Waals surface area contributed by atoms with Crippen LogP contribution in [0.2, 0.25) is 0 Å². The molecule has 86 valence electrons. The lowest BCUT2D eigenvalue weighted by Gasteiger charge is -2.09. The minimum absolute atomic E-state index is 0.0122. The summed E-state index contributed by atoms with van der Waals surface area (Å²) in [4.78, 5) is 22.5. The third kappa shape index (κ3) is 4.78. The summed E-state index contributed by atoms with van der Waals surface area (Å²) in [6.45, 7) is 2.49. The van der Waals surface area contributed by atoms with E-state index in [2.05, 4.69) is 10.6 Å². The van der Waals surface area contributed by atoms with Crippen LogP contribution >= 0.6 is 0 Å². The highest BCUT2D eigenvalue weighted by atomic mass is 16.2. The Balaban J connectivity index is 2.04. The Morgan fingerprint density at radius 2 is 2.13 bits per heavy atom. The van der Waals surface area contributed by atoms with Crippen molar-refractivity contribution in [3.8, 4) is 0 Å². The number of carbonyl (C=O) groups excluding carboxylic acids is 2. The summed E-state index contributed by atoms with van der Waals surface area (Å²) < 4.78 is 0. The van der Waals surface area contributed by atoms with Gasteiger partial charge < -0.3 is 16.4 Å². The van der Waals surface area contributed by atoms with Crippen molar-refractivity contribution in [3.05, 3.63) is 0 Å². The SMILES string of the molecule is CC(CN)C(=O)NCCC(=O)NC1CC1. The van der Waals surface area contributed by atoms with Crippen LogP contribution in [0.4, 0.5) is 0 Å². The van der Waals surface area contributed by atoms with E-state index in [1.807, 2.05) is 0 Å². The maximum atomic E-state index is 11.3. The van der Waals surface area contributed by atoms with Crippen LogP contribution < -0.4 is 16.4 Å². The molecule has 4 N–H and O–H groups in total. The zero-order valence-corrected chi connectivity index (χ0v) is 9.08. The van der Waals surface area contributed by atoms with Crippen molar-refractivity contribution < 1.29 is 9.59 Å². The van der Waals surface area contributed by atoms with Gasteiger partial charge >= 0.3 is 0 Å². The molecule has 15 heavy (non-hydrogen) atoms. The monoisotopic (exact) mass is 213 g/mol. The van der Waals surface area contributed by atoms with Gasteiger partial charge in [-0.25, -0.2) is 0 Å². The van der Waals surface area contributed by atoms with Crippen molar-refractivity contribution >= 4 is 11.8 Å². The van der Waals surface area contributed by atoms with Crippen molar-refractivity contribution in [3.63, 3.8) is 0 Å². The molecule has 1 rings (SSSR count). The Morgan fingerprint density at radius 3 is 2.67 bits per heavy atom. The third-order valence-electron chi connectivity index (χ3n) is 2.39. The average Bonchev–Trinajstić information content (AvgIpc) is 3.00. The maximum absolute atomic E-state index is 11.3. The van der Waals surface area contributed by atoms with Gasteiger partial charge in [-0.1, -0.05) is 6.92 Å². The molecular formula is C10H19N3O2. The van der Waals surface area contributed by atoms with Crippen molar-refractivity contribution in [2.45, 2.75) is 32.2 Å². The molecule has 0 radical (unpaired) electrons. The lowest BCUT2D eigenvalue weighted by molar-refractivity contribution is -0.124. The fraction of sp³-hybridized carbons (Fsp3) is 0.800. The lowest BCUT2D eigenvalue weighted by atomic mass is 10.2. The minimum atomic E-state index is -0.184. The summed E-state index contributed by atoms with van der Waals surface area (Å²) in [5.41, 5.74) is 5.34. The minimum Gasteiger partial charge on any atom is -0.355 e. The fourth-order valence-electron chi connectivity index (χ4n) is 1.11. The molecule has 0 bridgehead atoms. The number of nitrogens with one attached hydrogen (secondary N) is 2. The zero-order valence-electron chi connectivity index (χ0n) is 9.08. The molecule has 0 aromatic carbocycles. The summed E-state index contributed by atoms with van der Waals surface area (Å²) in [6.07, 6.45) is 2.52. The number of hydrogen-bond donors (Lipinski definition) is 3. The topological polar surface area (TPSA) is 84.2 Å². The van der Waals surface area contributed by atoms with E-state index in [-0.39, 0.29) is 17.7 Å². The first-order chi connectivity index (χ1) is 7.13. The lowest BCUT2D eigenvalue weighted by Crippen LogP contribution is -2.36. The maximum Gasteiger partial charge on any atom is 0.224 e. The van der Waals surface area contributed by atoms with Gasteiger partial charge in [0.15, 0.2) is 0 Å². The molecule has 1 aliphatic rings. The molecule has 1 unspecified atom stereocenters. The third-order valence-corrected chi connectivity index (χ3v) is 2.39. The van der Waals surface area contributed by atoms with Crippen LogP contribution in [-0.2, 0) is 9.59 Å². The molecule has 0 aromatic heterocycles. The standard InChI is InChI=1S/C10H19N3O2/c1-7(6-11)10(15)12-5-4-9(14)13-8-2-3-8/h7-8H,2-6,11H2,1H3,(H,12,15)(H,13,14). The zero-order chi connectivity index (χ0) is 11.3. The summed E-state index contributed by atoms with van der Waals surface area (Å²) in [7, 11) is 0. The van der Waals surface area contributed by atoms with Crippen LogP contribution in [0.25, 0.3) is 0 Å². The average molecular weight is 213 g/mol. The van der Waals surface area contributed by atoms with E-state index in [4.69, 9.17) is 5.73 Å². The predicted molar refractivity (Wildman–Crippen MR) is 57.0 cm³/mol. The molecule has 1 aliphatic carbocycles. The Kier molecular flexibility index (Phi) is 4.55. The summed E-state index contributed by atoms with van der Waals surface area (Å²) >= 11 is 0. The van der Waals surface area contributed by atoms with Crippen molar-refractivity contribution in [2.24, 2.45) is 11.7 Å². The predicted octanol–water partition coefficient (Wildman–Crippen LogP) is -0.634. The van der Waals surface area contributed by atoms with E-state index in [9.17, 15) is 9.59 Å². The van der Waals surface area contributed by atoms with Crippen LogP contribution in [0.3, 0.4) is 0 Å². The Hall–Kier alpha value is -1.10. The smallest absolute Gasteiger partial charge is 0.224 e. The highest BCUT2D eigenvalue weighted by Gasteiger charge is 2.22. The van der Waals surface area contributed by atoms with Gasteiger partial charge in [0.1, 0.15) is 0 Å². The molecule has 0 saturated heterocycles. The molecule has 5 nitrogen and oxygen atoms in total. The second kappa shape index (κ2) is 5.70. The molecule has 0 aliphatic heterocycles. The molecule has 0 heterocycles. The van der Waals surface area contributed by atoms with Crippen LogP contribution in [0, 0.1) is 5.92 Å². The van der Waals surface area contributed by atoms with E-state index in [0.29, 0.717) is 25.6 Å². The summed E-state index contributed by atoms with van der Waals surface area (Å²) in [5.74, 6) is -0.258. The van der Waals surface area contributed by atoms with Gasteiger partial charge in [0, 0.05) is 31.5 Å². The molecule has 0 aromatic rings. The van der Waals surface area contributed by atoms with Crippen molar-refractivity contribution in [2.75, 3.05) is 13.1 Å². The Bertz CT molecular complexity index is 239. The molecular weight excluding hydrogens is 194 g/mol. The first-order valence-electron chi connectivity index (χ1n) is 5.40.